The molecule has 7 heteroatoms. The van der Waals surface area contributed by atoms with E-state index in [9.17, 15) is 4.79 Å². The van der Waals surface area contributed by atoms with Crippen molar-refractivity contribution in [2.45, 2.75) is 13.3 Å². The zero-order valence-electron chi connectivity index (χ0n) is 9.88. The molecule has 2 N–H and O–H groups in total. The number of aromatic amines is 1. The van der Waals surface area contributed by atoms with Gasteiger partial charge in [0.2, 0.25) is 0 Å². The molecule has 1 aromatic heterocycles. The second kappa shape index (κ2) is 5.76. The van der Waals surface area contributed by atoms with Gasteiger partial charge >= 0.3 is 6.09 Å². The highest BCUT2D eigenvalue weighted by molar-refractivity contribution is 5.84. The topological polar surface area (TPSA) is 92.8 Å². The maximum atomic E-state index is 11.3. The summed E-state index contributed by atoms with van der Waals surface area (Å²) in [6.45, 7) is 2.10. The summed E-state index contributed by atoms with van der Waals surface area (Å²) in [6, 6.07) is 7.40. The van der Waals surface area contributed by atoms with Crippen molar-refractivity contribution < 1.29 is 9.53 Å². The lowest BCUT2D eigenvalue weighted by Crippen LogP contribution is -2.13. The summed E-state index contributed by atoms with van der Waals surface area (Å²) in [4.78, 5) is 11.3. The predicted octanol–water partition coefficient (Wildman–Crippen LogP) is 1.36. The van der Waals surface area contributed by atoms with Crippen LogP contribution in [0.25, 0.3) is 0 Å². The van der Waals surface area contributed by atoms with Gasteiger partial charge in [0.15, 0.2) is 5.82 Å². The van der Waals surface area contributed by atoms with Crippen LogP contribution in [-0.2, 0) is 11.2 Å². The molecular weight excluding hydrogens is 234 g/mol. The summed E-state index contributed by atoms with van der Waals surface area (Å²) in [7, 11) is 0. The summed E-state index contributed by atoms with van der Waals surface area (Å²) < 4.78 is 4.80. The summed E-state index contributed by atoms with van der Waals surface area (Å²) in [5.41, 5.74) is 1.65. The summed E-state index contributed by atoms with van der Waals surface area (Å²) in [5.74, 6) is 0.600. The van der Waals surface area contributed by atoms with Crippen LogP contribution < -0.4 is 5.32 Å². The van der Waals surface area contributed by atoms with Crippen molar-refractivity contribution in [2.75, 3.05) is 11.9 Å². The monoisotopic (exact) mass is 247 g/mol. The Kier molecular flexibility index (Phi) is 3.85. The number of benzene rings is 1. The van der Waals surface area contributed by atoms with Gasteiger partial charge in [0.1, 0.15) is 0 Å². The van der Waals surface area contributed by atoms with E-state index in [1.807, 2.05) is 18.2 Å². The fraction of sp³-hybridized carbons (Fsp3) is 0.273. The first-order valence-corrected chi connectivity index (χ1v) is 5.53. The van der Waals surface area contributed by atoms with Gasteiger partial charge < -0.3 is 4.74 Å². The van der Waals surface area contributed by atoms with Gasteiger partial charge in [-0.05, 0) is 24.6 Å². The number of nitrogens with zero attached hydrogens (tertiary/aromatic N) is 3. The van der Waals surface area contributed by atoms with Crippen molar-refractivity contribution in [3.05, 3.63) is 35.7 Å². The number of H-pyrrole nitrogens is 1. The minimum Gasteiger partial charge on any atom is -0.450 e. The molecule has 18 heavy (non-hydrogen) atoms. The Hall–Kier alpha value is -2.44. The molecular formula is C11H13N5O2. The van der Waals surface area contributed by atoms with Crippen LogP contribution >= 0.6 is 0 Å². The summed E-state index contributed by atoms with van der Waals surface area (Å²) in [6.07, 6.45) is 0.0867. The lowest BCUT2D eigenvalue weighted by molar-refractivity contribution is 0.168. The Morgan fingerprint density at radius 1 is 1.50 bits per heavy atom. The molecule has 0 saturated heterocycles. The Morgan fingerprint density at radius 3 is 3.11 bits per heavy atom. The largest absolute Gasteiger partial charge is 0.450 e. The zero-order valence-corrected chi connectivity index (χ0v) is 9.88. The second-order valence-electron chi connectivity index (χ2n) is 3.55. The third-order valence-electron chi connectivity index (χ3n) is 2.20. The van der Waals surface area contributed by atoms with Gasteiger partial charge in [0, 0.05) is 12.1 Å². The molecule has 2 aromatic rings. The van der Waals surface area contributed by atoms with Gasteiger partial charge in [-0.1, -0.05) is 17.3 Å². The lowest BCUT2D eigenvalue weighted by Gasteiger charge is -2.06. The molecule has 0 aliphatic carbocycles. The highest BCUT2D eigenvalue weighted by atomic mass is 16.5. The molecule has 0 atom stereocenters. The average molecular weight is 247 g/mol. The Morgan fingerprint density at radius 2 is 2.39 bits per heavy atom. The van der Waals surface area contributed by atoms with E-state index in [1.54, 1.807) is 13.0 Å². The van der Waals surface area contributed by atoms with E-state index in [2.05, 4.69) is 25.9 Å². The number of ether oxygens (including phenoxy) is 1. The third-order valence-corrected chi connectivity index (χ3v) is 2.20. The lowest BCUT2D eigenvalue weighted by atomic mass is 10.1. The van der Waals surface area contributed by atoms with Crippen molar-refractivity contribution in [1.29, 1.82) is 0 Å². The molecule has 1 amide bonds. The predicted molar refractivity (Wildman–Crippen MR) is 64.1 cm³/mol. The third kappa shape index (κ3) is 3.27. The van der Waals surface area contributed by atoms with Crippen molar-refractivity contribution in [2.24, 2.45) is 0 Å². The first-order chi connectivity index (χ1) is 8.78. The van der Waals surface area contributed by atoms with E-state index >= 15 is 0 Å². The van der Waals surface area contributed by atoms with E-state index in [1.165, 1.54) is 0 Å². The van der Waals surface area contributed by atoms with Crippen LogP contribution in [0.1, 0.15) is 18.3 Å². The molecule has 7 nitrogen and oxygen atoms in total. The number of hydrogen-bond acceptors (Lipinski definition) is 5. The standard InChI is InChI=1S/C11H13N5O2/c1-2-18-11(17)12-9-5-3-4-8(6-9)7-10-13-15-16-14-10/h3-6H,2,7H2,1H3,(H,12,17)(H,13,14,15,16). The Bertz CT molecular complexity index is 512. The highest BCUT2D eigenvalue weighted by Crippen LogP contribution is 2.13. The van der Waals surface area contributed by atoms with Crippen molar-refractivity contribution in [3.8, 4) is 0 Å². The van der Waals surface area contributed by atoms with Gasteiger partial charge in [-0.15, -0.1) is 10.2 Å². The van der Waals surface area contributed by atoms with Crippen molar-refractivity contribution >= 4 is 11.8 Å². The molecule has 2 rings (SSSR count). The molecule has 0 radical (unpaired) electrons. The molecule has 0 aliphatic rings. The number of nitrogens with one attached hydrogen (secondary N) is 2. The maximum Gasteiger partial charge on any atom is 0.411 e. The molecule has 0 aliphatic heterocycles. The number of carbonyl (C=O) groups excluding carboxylic acids is 1. The molecule has 0 unspecified atom stereocenters. The van der Waals surface area contributed by atoms with Gasteiger partial charge in [0.25, 0.3) is 0 Å². The zero-order chi connectivity index (χ0) is 12.8. The minimum absolute atomic E-state index is 0.342. The van der Waals surface area contributed by atoms with E-state index < -0.39 is 6.09 Å². The normalized spacial score (nSPS) is 10.1. The van der Waals surface area contributed by atoms with Gasteiger partial charge in [-0.3, -0.25) is 5.32 Å². The van der Waals surface area contributed by atoms with E-state index in [0.29, 0.717) is 24.5 Å². The minimum atomic E-state index is -0.464. The molecule has 1 heterocycles. The van der Waals surface area contributed by atoms with E-state index in [0.717, 1.165) is 5.56 Å². The van der Waals surface area contributed by atoms with Crippen LogP contribution in [0.2, 0.25) is 0 Å². The van der Waals surface area contributed by atoms with Crippen LogP contribution in [0.4, 0.5) is 10.5 Å². The molecule has 0 saturated carbocycles. The van der Waals surface area contributed by atoms with Crippen LogP contribution in [-0.4, -0.2) is 33.3 Å². The quantitative estimate of drug-likeness (QED) is 0.850. The SMILES string of the molecule is CCOC(=O)Nc1cccc(Cc2nn[nH]n2)c1. The number of carbonyl (C=O) groups is 1. The molecule has 0 fully saturated rings. The fourth-order valence-corrected chi connectivity index (χ4v) is 1.48. The van der Waals surface area contributed by atoms with Crippen LogP contribution in [0.3, 0.4) is 0 Å². The summed E-state index contributed by atoms with van der Waals surface area (Å²) in [5, 5.41) is 16.3. The van der Waals surface area contributed by atoms with E-state index in [4.69, 9.17) is 4.74 Å². The van der Waals surface area contributed by atoms with Gasteiger partial charge in [-0.25, -0.2) is 4.79 Å². The second-order valence-corrected chi connectivity index (χ2v) is 3.55. The highest BCUT2D eigenvalue weighted by Gasteiger charge is 2.04. The van der Waals surface area contributed by atoms with Gasteiger partial charge in [-0.2, -0.15) is 5.21 Å². The fourth-order valence-electron chi connectivity index (χ4n) is 1.48. The number of rotatable bonds is 4. The molecule has 0 bridgehead atoms. The first-order valence-electron chi connectivity index (χ1n) is 5.53. The maximum absolute atomic E-state index is 11.3. The number of anilines is 1. The van der Waals surface area contributed by atoms with Crippen LogP contribution in [0, 0.1) is 0 Å². The molecule has 0 spiro atoms. The van der Waals surface area contributed by atoms with Crippen LogP contribution in [0.15, 0.2) is 24.3 Å². The van der Waals surface area contributed by atoms with E-state index in [-0.39, 0.29) is 0 Å². The number of amides is 1. The number of hydrogen-bond donors (Lipinski definition) is 2. The van der Waals surface area contributed by atoms with Gasteiger partial charge in [0.05, 0.1) is 6.61 Å². The Balaban J connectivity index is 2.03. The van der Waals surface area contributed by atoms with Crippen molar-refractivity contribution in [1.82, 2.24) is 20.6 Å². The van der Waals surface area contributed by atoms with Crippen LogP contribution in [0.5, 0.6) is 0 Å². The average Bonchev–Trinajstić information content (AvgIpc) is 2.82. The molecule has 94 valence electrons. The summed E-state index contributed by atoms with van der Waals surface area (Å²) >= 11 is 0. The van der Waals surface area contributed by atoms with Crippen molar-refractivity contribution in [3.63, 3.8) is 0 Å². The smallest absolute Gasteiger partial charge is 0.411 e. The number of tetrazole rings is 1. The Labute approximate surface area is 104 Å². The first kappa shape index (κ1) is 12.0. The molecule has 1 aromatic carbocycles. The number of aromatic nitrogens is 4.